The van der Waals surface area contributed by atoms with Gasteiger partial charge >= 0.3 is 5.97 Å². The van der Waals surface area contributed by atoms with Gasteiger partial charge in [-0.1, -0.05) is 0 Å². The molecule has 0 amide bonds. The summed E-state index contributed by atoms with van der Waals surface area (Å²) in [7, 11) is 0. The number of piperidine rings is 1. The van der Waals surface area contributed by atoms with Crippen molar-refractivity contribution in [3.8, 4) is 0 Å². The van der Waals surface area contributed by atoms with Crippen molar-refractivity contribution in [2.24, 2.45) is 5.92 Å². The van der Waals surface area contributed by atoms with Crippen LogP contribution in [0.2, 0.25) is 0 Å². The molecular formula is C9H13N3O2S. The fourth-order valence-electron chi connectivity index (χ4n) is 1.77. The van der Waals surface area contributed by atoms with Crippen LogP contribution >= 0.6 is 11.5 Å². The zero-order valence-corrected chi connectivity index (χ0v) is 9.33. The van der Waals surface area contributed by atoms with Crippen molar-refractivity contribution in [1.82, 2.24) is 9.36 Å². The minimum absolute atomic E-state index is 0.261. The monoisotopic (exact) mass is 227 g/mol. The van der Waals surface area contributed by atoms with E-state index in [1.165, 1.54) is 11.5 Å². The van der Waals surface area contributed by atoms with Crippen LogP contribution in [0.25, 0.3) is 0 Å². The molecule has 1 atom stereocenters. The van der Waals surface area contributed by atoms with Gasteiger partial charge in [0.2, 0.25) is 5.13 Å². The van der Waals surface area contributed by atoms with Crippen LogP contribution in [0.1, 0.15) is 18.7 Å². The van der Waals surface area contributed by atoms with Crippen molar-refractivity contribution >= 4 is 22.6 Å². The molecule has 1 N–H and O–H groups in total. The Morgan fingerprint density at radius 1 is 1.67 bits per heavy atom. The number of aryl methyl sites for hydroxylation is 1. The molecule has 15 heavy (non-hydrogen) atoms. The van der Waals surface area contributed by atoms with Crippen LogP contribution in [0.4, 0.5) is 5.13 Å². The fraction of sp³-hybridized carbons (Fsp3) is 0.667. The smallest absolute Gasteiger partial charge is 0.308 e. The lowest BCUT2D eigenvalue weighted by molar-refractivity contribution is -0.141. The second kappa shape index (κ2) is 4.14. The van der Waals surface area contributed by atoms with Gasteiger partial charge in [-0.2, -0.15) is 4.37 Å². The van der Waals surface area contributed by atoms with E-state index in [0.717, 1.165) is 30.3 Å². The minimum atomic E-state index is -0.707. The Morgan fingerprint density at radius 3 is 3.07 bits per heavy atom. The second-order valence-electron chi connectivity index (χ2n) is 3.75. The van der Waals surface area contributed by atoms with E-state index < -0.39 is 5.97 Å². The summed E-state index contributed by atoms with van der Waals surface area (Å²) in [6.07, 6.45) is 1.68. The Kier molecular flexibility index (Phi) is 2.86. The number of carboxylic acids is 1. The lowest BCUT2D eigenvalue weighted by Crippen LogP contribution is -2.38. The maximum Gasteiger partial charge on any atom is 0.308 e. The van der Waals surface area contributed by atoms with Crippen LogP contribution in [0, 0.1) is 12.8 Å². The molecule has 0 radical (unpaired) electrons. The largest absolute Gasteiger partial charge is 0.481 e. The number of nitrogens with zero attached hydrogens (tertiary/aromatic N) is 3. The molecule has 0 spiro atoms. The fourth-order valence-corrected chi connectivity index (χ4v) is 2.48. The zero-order valence-electron chi connectivity index (χ0n) is 8.51. The molecule has 6 heteroatoms. The van der Waals surface area contributed by atoms with Crippen molar-refractivity contribution in [1.29, 1.82) is 0 Å². The van der Waals surface area contributed by atoms with E-state index in [1.54, 1.807) is 0 Å². The van der Waals surface area contributed by atoms with Gasteiger partial charge in [-0.15, -0.1) is 0 Å². The first-order chi connectivity index (χ1) is 7.16. The lowest BCUT2D eigenvalue weighted by Gasteiger charge is -2.29. The summed E-state index contributed by atoms with van der Waals surface area (Å²) in [4.78, 5) is 17.2. The molecule has 1 aromatic rings. The highest BCUT2D eigenvalue weighted by molar-refractivity contribution is 7.09. The molecule has 0 aromatic carbocycles. The molecule has 0 saturated carbocycles. The number of hydrogen-bond acceptors (Lipinski definition) is 5. The van der Waals surface area contributed by atoms with Gasteiger partial charge in [-0.05, 0) is 19.8 Å². The molecule has 0 bridgehead atoms. The summed E-state index contributed by atoms with van der Waals surface area (Å²) in [5.41, 5.74) is 0. The Hall–Kier alpha value is -1.17. The number of aliphatic carboxylic acids is 1. The van der Waals surface area contributed by atoms with Gasteiger partial charge in [0, 0.05) is 24.6 Å². The number of aromatic nitrogens is 2. The molecule has 1 saturated heterocycles. The Labute approximate surface area is 91.9 Å². The first-order valence-electron chi connectivity index (χ1n) is 4.95. The zero-order chi connectivity index (χ0) is 10.8. The first-order valence-corrected chi connectivity index (χ1v) is 5.72. The predicted molar refractivity (Wildman–Crippen MR) is 57.2 cm³/mol. The molecule has 2 rings (SSSR count). The third-order valence-electron chi connectivity index (χ3n) is 2.56. The van der Waals surface area contributed by atoms with Gasteiger partial charge in [-0.25, -0.2) is 4.98 Å². The summed E-state index contributed by atoms with van der Waals surface area (Å²) in [5.74, 6) is -0.212. The Balaban J connectivity index is 2.07. The maximum atomic E-state index is 10.9. The van der Waals surface area contributed by atoms with E-state index in [0.29, 0.717) is 6.54 Å². The van der Waals surface area contributed by atoms with Crippen LogP contribution in [-0.4, -0.2) is 33.5 Å². The maximum absolute atomic E-state index is 10.9. The summed E-state index contributed by atoms with van der Waals surface area (Å²) in [6, 6.07) is 0. The van der Waals surface area contributed by atoms with Gasteiger partial charge in [0.25, 0.3) is 0 Å². The summed E-state index contributed by atoms with van der Waals surface area (Å²) in [5, 5.41) is 9.79. The average molecular weight is 227 g/mol. The lowest BCUT2D eigenvalue weighted by atomic mass is 9.99. The standard InChI is InChI=1S/C9H13N3O2S/c1-6-10-9(15-11-6)12-4-2-3-7(5-12)8(13)14/h7H,2-5H2,1H3,(H,13,14). The number of carboxylic acid groups (broad SMARTS) is 1. The molecular weight excluding hydrogens is 214 g/mol. The van der Waals surface area contributed by atoms with Gasteiger partial charge in [-0.3, -0.25) is 4.79 Å². The third kappa shape index (κ3) is 2.26. The van der Waals surface area contributed by atoms with Crippen molar-refractivity contribution in [2.75, 3.05) is 18.0 Å². The first kappa shape index (κ1) is 10.4. The van der Waals surface area contributed by atoms with Crippen molar-refractivity contribution in [2.45, 2.75) is 19.8 Å². The van der Waals surface area contributed by atoms with Crippen LogP contribution in [0.3, 0.4) is 0 Å². The highest BCUT2D eigenvalue weighted by Crippen LogP contribution is 2.24. The summed E-state index contributed by atoms with van der Waals surface area (Å²) < 4.78 is 4.10. The van der Waals surface area contributed by atoms with E-state index in [4.69, 9.17) is 5.11 Å². The predicted octanol–water partition coefficient (Wildman–Crippen LogP) is 1.15. The summed E-state index contributed by atoms with van der Waals surface area (Å²) >= 11 is 1.34. The van der Waals surface area contributed by atoms with Crippen molar-refractivity contribution in [3.63, 3.8) is 0 Å². The Morgan fingerprint density at radius 2 is 2.47 bits per heavy atom. The van der Waals surface area contributed by atoms with Gasteiger partial charge in [0.1, 0.15) is 5.82 Å². The molecule has 1 unspecified atom stereocenters. The molecule has 1 aromatic heterocycles. The van der Waals surface area contributed by atoms with Crippen LogP contribution in [0.15, 0.2) is 0 Å². The average Bonchev–Trinajstić information content (AvgIpc) is 2.65. The van der Waals surface area contributed by atoms with E-state index in [-0.39, 0.29) is 5.92 Å². The normalized spacial score (nSPS) is 21.7. The van der Waals surface area contributed by atoms with Gasteiger partial charge in [0.05, 0.1) is 5.92 Å². The van der Waals surface area contributed by atoms with E-state index >= 15 is 0 Å². The SMILES string of the molecule is Cc1nsc(N2CCCC(C(=O)O)C2)n1. The topological polar surface area (TPSA) is 66.3 Å². The molecule has 82 valence electrons. The van der Waals surface area contributed by atoms with Crippen molar-refractivity contribution < 1.29 is 9.90 Å². The van der Waals surface area contributed by atoms with Crippen molar-refractivity contribution in [3.05, 3.63) is 5.82 Å². The van der Waals surface area contributed by atoms with E-state index in [9.17, 15) is 4.79 Å². The van der Waals surface area contributed by atoms with Crippen LogP contribution in [0.5, 0.6) is 0 Å². The Bertz CT molecular complexity index is 366. The highest BCUT2D eigenvalue weighted by Gasteiger charge is 2.26. The molecule has 1 aliphatic rings. The van der Waals surface area contributed by atoms with Gasteiger partial charge < -0.3 is 10.0 Å². The number of carbonyl (C=O) groups is 1. The minimum Gasteiger partial charge on any atom is -0.481 e. The molecule has 1 aliphatic heterocycles. The number of rotatable bonds is 2. The molecule has 5 nitrogen and oxygen atoms in total. The number of hydrogen-bond donors (Lipinski definition) is 1. The molecule has 1 fully saturated rings. The number of anilines is 1. The second-order valence-corrected chi connectivity index (χ2v) is 4.48. The summed E-state index contributed by atoms with van der Waals surface area (Å²) in [6.45, 7) is 3.29. The quantitative estimate of drug-likeness (QED) is 0.821. The van der Waals surface area contributed by atoms with Crippen LogP contribution in [-0.2, 0) is 4.79 Å². The van der Waals surface area contributed by atoms with E-state index in [2.05, 4.69) is 9.36 Å². The van der Waals surface area contributed by atoms with E-state index in [1.807, 2.05) is 11.8 Å². The molecule has 0 aliphatic carbocycles. The van der Waals surface area contributed by atoms with Crippen LogP contribution < -0.4 is 4.90 Å². The molecule has 2 heterocycles. The third-order valence-corrected chi connectivity index (χ3v) is 3.43. The van der Waals surface area contributed by atoms with Gasteiger partial charge in [0.15, 0.2) is 0 Å². The highest BCUT2D eigenvalue weighted by atomic mass is 32.1.